The highest BCUT2D eigenvalue weighted by atomic mass is 16.6. The van der Waals surface area contributed by atoms with E-state index in [0.717, 1.165) is 22.4 Å². The first-order valence-corrected chi connectivity index (χ1v) is 9.96. The standard InChI is InChI=1S/C24H22N4O3/c1-16-18(11-8-14-21(16)28(30)31)24(29)26-20(17-9-4-3-5-10-17)15-23-25-19-12-6-7-13-22(19)27(23)2/h3-14,20H,15H2,1-2H3,(H,26,29)/t20-/m1/s1. The van der Waals surface area contributed by atoms with Gasteiger partial charge in [-0.2, -0.15) is 0 Å². The fraction of sp³-hybridized carbons (Fsp3) is 0.167. The van der Waals surface area contributed by atoms with E-state index in [-0.39, 0.29) is 17.6 Å². The maximum atomic E-state index is 13.1. The van der Waals surface area contributed by atoms with Crippen LogP contribution >= 0.6 is 0 Å². The average Bonchev–Trinajstić information content (AvgIpc) is 3.09. The highest BCUT2D eigenvalue weighted by Gasteiger charge is 2.23. The van der Waals surface area contributed by atoms with Crippen LogP contribution in [0, 0.1) is 17.0 Å². The maximum absolute atomic E-state index is 13.1. The number of hydrogen-bond acceptors (Lipinski definition) is 4. The molecular formula is C24H22N4O3. The van der Waals surface area contributed by atoms with Gasteiger partial charge in [0, 0.05) is 30.7 Å². The van der Waals surface area contributed by atoms with Crippen molar-refractivity contribution >= 4 is 22.6 Å². The Bertz CT molecular complexity index is 1260. The largest absolute Gasteiger partial charge is 0.345 e. The number of para-hydroxylation sites is 2. The van der Waals surface area contributed by atoms with Gasteiger partial charge in [-0.25, -0.2) is 4.98 Å². The number of carbonyl (C=O) groups excluding carboxylic acids is 1. The minimum Gasteiger partial charge on any atom is -0.345 e. The normalized spacial score (nSPS) is 11.9. The molecule has 31 heavy (non-hydrogen) atoms. The van der Waals surface area contributed by atoms with Crippen LogP contribution in [0.5, 0.6) is 0 Å². The van der Waals surface area contributed by atoms with E-state index in [9.17, 15) is 14.9 Å². The van der Waals surface area contributed by atoms with Crippen LogP contribution in [-0.4, -0.2) is 20.4 Å². The van der Waals surface area contributed by atoms with Crippen LogP contribution in [0.25, 0.3) is 11.0 Å². The molecule has 0 bridgehead atoms. The van der Waals surface area contributed by atoms with E-state index < -0.39 is 4.92 Å². The zero-order valence-electron chi connectivity index (χ0n) is 17.3. The average molecular weight is 414 g/mol. The Morgan fingerprint density at radius 3 is 2.48 bits per heavy atom. The first-order valence-electron chi connectivity index (χ1n) is 9.96. The minimum absolute atomic E-state index is 0.0701. The molecule has 1 amide bonds. The number of imidazole rings is 1. The second-order valence-corrected chi connectivity index (χ2v) is 7.42. The smallest absolute Gasteiger partial charge is 0.273 e. The Kier molecular flexibility index (Phi) is 5.49. The number of nitro groups is 1. The molecule has 0 saturated carbocycles. The molecule has 0 fully saturated rings. The van der Waals surface area contributed by atoms with E-state index in [1.807, 2.05) is 66.2 Å². The number of carbonyl (C=O) groups is 1. The number of hydrogen-bond donors (Lipinski definition) is 1. The van der Waals surface area contributed by atoms with Gasteiger partial charge in [-0.05, 0) is 30.7 Å². The van der Waals surface area contributed by atoms with Gasteiger partial charge in [-0.15, -0.1) is 0 Å². The summed E-state index contributed by atoms with van der Waals surface area (Å²) in [6.07, 6.45) is 0.481. The Hall–Kier alpha value is -4.00. The van der Waals surface area contributed by atoms with Crippen LogP contribution in [-0.2, 0) is 13.5 Å². The van der Waals surface area contributed by atoms with Crippen molar-refractivity contribution in [3.8, 4) is 0 Å². The fourth-order valence-corrected chi connectivity index (χ4v) is 3.80. The van der Waals surface area contributed by atoms with Crippen LogP contribution in [0.2, 0.25) is 0 Å². The van der Waals surface area contributed by atoms with Crippen LogP contribution < -0.4 is 5.32 Å². The van der Waals surface area contributed by atoms with Gasteiger partial charge >= 0.3 is 0 Å². The van der Waals surface area contributed by atoms with Gasteiger partial charge in [0.05, 0.1) is 22.0 Å². The molecule has 3 aromatic carbocycles. The lowest BCUT2D eigenvalue weighted by Gasteiger charge is -2.20. The van der Waals surface area contributed by atoms with E-state index in [1.165, 1.54) is 12.1 Å². The second-order valence-electron chi connectivity index (χ2n) is 7.42. The maximum Gasteiger partial charge on any atom is 0.273 e. The fourth-order valence-electron chi connectivity index (χ4n) is 3.80. The van der Waals surface area contributed by atoms with Crippen molar-refractivity contribution in [1.82, 2.24) is 14.9 Å². The van der Waals surface area contributed by atoms with Crippen molar-refractivity contribution < 1.29 is 9.72 Å². The number of aromatic nitrogens is 2. The van der Waals surface area contributed by atoms with Crippen molar-refractivity contribution in [2.24, 2.45) is 7.05 Å². The van der Waals surface area contributed by atoms with Crippen LogP contribution in [0.3, 0.4) is 0 Å². The summed E-state index contributed by atoms with van der Waals surface area (Å²) in [7, 11) is 1.96. The molecule has 0 aliphatic heterocycles. The molecule has 7 nitrogen and oxygen atoms in total. The van der Waals surface area contributed by atoms with Crippen LogP contribution in [0.1, 0.15) is 33.4 Å². The van der Waals surface area contributed by atoms with Gasteiger partial charge in [0.1, 0.15) is 5.82 Å². The van der Waals surface area contributed by atoms with Gasteiger partial charge in [0.25, 0.3) is 11.6 Å². The lowest BCUT2D eigenvalue weighted by molar-refractivity contribution is -0.385. The molecule has 1 N–H and O–H groups in total. The van der Waals surface area contributed by atoms with Gasteiger partial charge < -0.3 is 9.88 Å². The predicted octanol–water partition coefficient (Wildman–Crippen LogP) is 4.50. The molecule has 1 aromatic heterocycles. The number of nitro benzene ring substituents is 1. The Morgan fingerprint density at radius 1 is 1.06 bits per heavy atom. The summed E-state index contributed by atoms with van der Waals surface area (Å²) in [6.45, 7) is 1.59. The van der Waals surface area contributed by atoms with Gasteiger partial charge in [0.15, 0.2) is 0 Å². The van der Waals surface area contributed by atoms with Gasteiger partial charge in [-0.3, -0.25) is 14.9 Å². The molecule has 1 heterocycles. The summed E-state index contributed by atoms with van der Waals surface area (Å²) in [4.78, 5) is 28.6. The lowest BCUT2D eigenvalue weighted by Crippen LogP contribution is -2.31. The number of rotatable bonds is 6. The van der Waals surface area contributed by atoms with Crippen molar-refractivity contribution in [2.75, 3.05) is 0 Å². The highest BCUT2D eigenvalue weighted by Crippen LogP contribution is 2.24. The molecule has 156 valence electrons. The summed E-state index contributed by atoms with van der Waals surface area (Å²) < 4.78 is 2.02. The summed E-state index contributed by atoms with van der Waals surface area (Å²) >= 11 is 0. The number of nitrogens with one attached hydrogen (secondary N) is 1. The molecular weight excluding hydrogens is 392 g/mol. The van der Waals surface area contributed by atoms with E-state index in [0.29, 0.717) is 17.5 Å². The van der Waals surface area contributed by atoms with Crippen molar-refractivity contribution in [1.29, 1.82) is 0 Å². The molecule has 0 saturated heterocycles. The second kappa shape index (κ2) is 8.39. The van der Waals surface area contributed by atoms with Crippen molar-refractivity contribution in [3.05, 3.63) is 105 Å². The summed E-state index contributed by atoms with van der Waals surface area (Å²) in [5.74, 6) is 0.486. The van der Waals surface area contributed by atoms with Crippen LogP contribution in [0.15, 0.2) is 72.8 Å². The van der Waals surface area contributed by atoms with E-state index in [2.05, 4.69) is 5.32 Å². The lowest BCUT2D eigenvalue weighted by atomic mass is 10.0. The zero-order chi connectivity index (χ0) is 22.0. The third-order valence-electron chi connectivity index (χ3n) is 5.52. The highest BCUT2D eigenvalue weighted by molar-refractivity contribution is 5.96. The number of fused-ring (bicyclic) bond motifs is 1. The molecule has 0 unspecified atom stereocenters. The first-order chi connectivity index (χ1) is 15.0. The van der Waals surface area contributed by atoms with Crippen molar-refractivity contribution in [3.63, 3.8) is 0 Å². The Morgan fingerprint density at radius 2 is 1.77 bits per heavy atom. The molecule has 1 atom stereocenters. The number of nitrogens with zero attached hydrogens (tertiary/aromatic N) is 3. The molecule has 4 rings (SSSR count). The number of benzene rings is 3. The van der Waals surface area contributed by atoms with E-state index >= 15 is 0 Å². The molecule has 0 aliphatic carbocycles. The van der Waals surface area contributed by atoms with Crippen molar-refractivity contribution in [2.45, 2.75) is 19.4 Å². The van der Waals surface area contributed by atoms with Gasteiger partial charge in [0.2, 0.25) is 0 Å². The summed E-state index contributed by atoms with van der Waals surface area (Å²) in [6, 6.07) is 21.7. The first kappa shape index (κ1) is 20.3. The Labute approximate surface area is 179 Å². The molecule has 7 heteroatoms. The summed E-state index contributed by atoms with van der Waals surface area (Å²) in [5, 5.41) is 14.3. The third-order valence-corrected chi connectivity index (χ3v) is 5.52. The SMILES string of the molecule is Cc1c(C(=O)N[C@H](Cc2nc3ccccc3n2C)c2ccccc2)cccc1[N+](=O)[O-]. The van der Waals surface area contributed by atoms with Crippen LogP contribution in [0.4, 0.5) is 5.69 Å². The third kappa shape index (κ3) is 4.02. The Balaban J connectivity index is 1.68. The summed E-state index contributed by atoms with van der Waals surface area (Å²) in [5.41, 5.74) is 3.42. The zero-order valence-corrected chi connectivity index (χ0v) is 17.3. The molecule has 0 spiro atoms. The number of amides is 1. The van der Waals surface area contributed by atoms with E-state index in [1.54, 1.807) is 13.0 Å². The number of aryl methyl sites for hydroxylation is 1. The van der Waals surface area contributed by atoms with E-state index in [4.69, 9.17) is 4.98 Å². The van der Waals surface area contributed by atoms with Gasteiger partial charge in [-0.1, -0.05) is 48.5 Å². The molecule has 0 radical (unpaired) electrons. The quantitative estimate of drug-likeness (QED) is 0.371. The molecule has 0 aliphatic rings. The molecule has 4 aromatic rings. The monoisotopic (exact) mass is 414 g/mol. The topological polar surface area (TPSA) is 90.1 Å². The minimum atomic E-state index is -0.472. The predicted molar refractivity (Wildman–Crippen MR) is 119 cm³/mol.